The van der Waals surface area contributed by atoms with Crippen LogP contribution in [0.15, 0.2) is 30.3 Å². The van der Waals surface area contributed by atoms with Crippen molar-refractivity contribution in [2.24, 2.45) is 5.92 Å². The Morgan fingerprint density at radius 1 is 1.25 bits per heavy atom. The fourth-order valence-electron chi connectivity index (χ4n) is 2.79. The normalized spacial score (nSPS) is 20.9. The Morgan fingerprint density at radius 3 is 2.50 bits per heavy atom. The highest BCUT2D eigenvalue weighted by Gasteiger charge is 2.43. The molecule has 24 heavy (non-hydrogen) atoms. The van der Waals surface area contributed by atoms with Gasteiger partial charge in [0.25, 0.3) is 0 Å². The number of aliphatic carboxylic acids is 1. The average molecular weight is 335 g/mol. The third-order valence-corrected chi connectivity index (χ3v) is 3.85. The second-order valence-electron chi connectivity index (χ2n) is 7.01. The molecule has 0 bridgehead atoms. The molecule has 0 saturated carbocycles. The zero-order valence-corrected chi connectivity index (χ0v) is 14.4. The molecule has 0 radical (unpaired) electrons. The molecule has 132 valence electrons. The summed E-state index contributed by atoms with van der Waals surface area (Å²) < 4.78 is 11.0. The van der Waals surface area contributed by atoms with Crippen molar-refractivity contribution in [3.05, 3.63) is 35.9 Å². The number of carbonyl (C=O) groups is 2. The fourth-order valence-corrected chi connectivity index (χ4v) is 2.79. The van der Waals surface area contributed by atoms with Crippen LogP contribution in [0.1, 0.15) is 32.8 Å². The Kier molecular flexibility index (Phi) is 5.83. The van der Waals surface area contributed by atoms with Crippen LogP contribution in [0.5, 0.6) is 0 Å². The Labute approximate surface area is 142 Å². The van der Waals surface area contributed by atoms with Gasteiger partial charge in [0.05, 0.1) is 13.2 Å². The number of ether oxygens (including phenoxy) is 2. The molecule has 0 spiro atoms. The highest BCUT2D eigenvalue weighted by Crippen LogP contribution is 2.27. The van der Waals surface area contributed by atoms with E-state index in [0.717, 1.165) is 5.56 Å². The topological polar surface area (TPSA) is 76.1 Å². The van der Waals surface area contributed by atoms with Gasteiger partial charge in [-0.3, -0.25) is 4.90 Å². The lowest BCUT2D eigenvalue weighted by atomic mass is 10.0. The number of hydrogen-bond acceptors (Lipinski definition) is 4. The van der Waals surface area contributed by atoms with Gasteiger partial charge in [0.15, 0.2) is 0 Å². The maximum Gasteiger partial charge on any atom is 0.411 e. The number of carboxylic acids is 1. The predicted octanol–water partition coefficient (Wildman–Crippen LogP) is 2.91. The molecule has 1 saturated heterocycles. The third kappa shape index (κ3) is 4.96. The molecule has 0 unspecified atom stereocenters. The van der Waals surface area contributed by atoms with E-state index in [0.29, 0.717) is 26.2 Å². The van der Waals surface area contributed by atoms with Gasteiger partial charge in [0.1, 0.15) is 11.6 Å². The minimum Gasteiger partial charge on any atom is -0.480 e. The molecule has 0 aliphatic carbocycles. The van der Waals surface area contributed by atoms with E-state index in [1.165, 1.54) is 4.90 Å². The summed E-state index contributed by atoms with van der Waals surface area (Å²) in [6.45, 7) is 6.37. The summed E-state index contributed by atoms with van der Waals surface area (Å²) >= 11 is 0. The van der Waals surface area contributed by atoms with Crippen molar-refractivity contribution in [1.82, 2.24) is 4.90 Å². The van der Waals surface area contributed by atoms with E-state index in [2.05, 4.69) is 0 Å². The quantitative estimate of drug-likeness (QED) is 0.895. The van der Waals surface area contributed by atoms with Gasteiger partial charge < -0.3 is 14.6 Å². The summed E-state index contributed by atoms with van der Waals surface area (Å²) in [6.07, 6.45) is 0.00538. The number of nitrogens with zero attached hydrogens (tertiary/aromatic N) is 1. The van der Waals surface area contributed by atoms with E-state index >= 15 is 0 Å². The lowest BCUT2D eigenvalue weighted by Gasteiger charge is -2.28. The number of carboxylic acid groups (broad SMARTS) is 1. The van der Waals surface area contributed by atoms with E-state index in [1.54, 1.807) is 20.8 Å². The minimum atomic E-state index is -1.02. The molecule has 1 aliphatic heterocycles. The molecular formula is C18H25NO5. The molecule has 1 N–H and O–H groups in total. The second kappa shape index (κ2) is 7.66. The lowest BCUT2D eigenvalue weighted by Crippen LogP contribution is -2.46. The van der Waals surface area contributed by atoms with Gasteiger partial charge in [-0.1, -0.05) is 30.3 Å². The van der Waals surface area contributed by atoms with Crippen molar-refractivity contribution in [1.29, 1.82) is 0 Å². The van der Waals surface area contributed by atoms with Gasteiger partial charge in [-0.25, -0.2) is 9.59 Å². The molecule has 2 rings (SSSR count). The molecule has 1 fully saturated rings. The fraction of sp³-hybridized carbons (Fsp3) is 0.556. The van der Waals surface area contributed by atoms with E-state index in [1.807, 2.05) is 30.3 Å². The molecule has 1 aliphatic rings. The molecule has 2 atom stereocenters. The first-order chi connectivity index (χ1) is 11.3. The van der Waals surface area contributed by atoms with E-state index < -0.39 is 23.7 Å². The van der Waals surface area contributed by atoms with Crippen LogP contribution in [-0.4, -0.2) is 46.9 Å². The van der Waals surface area contributed by atoms with Crippen LogP contribution in [0, 0.1) is 5.92 Å². The Morgan fingerprint density at radius 2 is 1.92 bits per heavy atom. The second-order valence-corrected chi connectivity index (χ2v) is 7.01. The molecule has 1 amide bonds. The summed E-state index contributed by atoms with van der Waals surface area (Å²) in [6, 6.07) is 8.79. The highest BCUT2D eigenvalue weighted by atomic mass is 16.6. The number of likely N-dealkylation sites (tertiary alicyclic amines) is 1. The molecule has 0 aromatic heterocycles. The van der Waals surface area contributed by atoms with E-state index in [4.69, 9.17) is 9.47 Å². The molecule has 1 aromatic rings. The van der Waals surface area contributed by atoms with Gasteiger partial charge in [-0.05, 0) is 32.8 Å². The summed E-state index contributed by atoms with van der Waals surface area (Å²) in [4.78, 5) is 25.1. The summed E-state index contributed by atoms with van der Waals surface area (Å²) in [7, 11) is 0. The largest absolute Gasteiger partial charge is 0.480 e. The van der Waals surface area contributed by atoms with Crippen LogP contribution in [0.25, 0.3) is 0 Å². The Hall–Kier alpha value is -2.08. The van der Waals surface area contributed by atoms with Crippen LogP contribution in [0.4, 0.5) is 4.79 Å². The van der Waals surface area contributed by atoms with Gasteiger partial charge >= 0.3 is 12.1 Å². The average Bonchev–Trinajstić information content (AvgIpc) is 2.91. The SMILES string of the molecule is CC(C)(C)OC(=O)N1CC[C@H](COCc2ccccc2)[C@H]1C(=O)O. The van der Waals surface area contributed by atoms with Crippen molar-refractivity contribution in [3.8, 4) is 0 Å². The van der Waals surface area contributed by atoms with E-state index in [-0.39, 0.29) is 5.92 Å². The van der Waals surface area contributed by atoms with Crippen molar-refractivity contribution < 1.29 is 24.2 Å². The first kappa shape index (κ1) is 18.3. The maximum absolute atomic E-state index is 12.2. The molecule has 6 heteroatoms. The van der Waals surface area contributed by atoms with Crippen LogP contribution in [0.2, 0.25) is 0 Å². The highest BCUT2D eigenvalue weighted by molar-refractivity contribution is 5.81. The first-order valence-electron chi connectivity index (χ1n) is 8.12. The van der Waals surface area contributed by atoms with Crippen molar-refractivity contribution in [2.45, 2.75) is 45.4 Å². The van der Waals surface area contributed by atoms with Crippen molar-refractivity contribution in [2.75, 3.05) is 13.2 Å². The van der Waals surface area contributed by atoms with Gasteiger partial charge in [0, 0.05) is 12.5 Å². The first-order valence-corrected chi connectivity index (χ1v) is 8.12. The third-order valence-electron chi connectivity index (χ3n) is 3.85. The number of amides is 1. The van der Waals surface area contributed by atoms with Crippen LogP contribution in [-0.2, 0) is 20.9 Å². The number of hydrogen-bond donors (Lipinski definition) is 1. The number of benzene rings is 1. The number of carbonyl (C=O) groups excluding carboxylic acids is 1. The van der Waals surface area contributed by atoms with Gasteiger partial charge in [0.2, 0.25) is 0 Å². The molecule has 1 heterocycles. The standard InChI is InChI=1S/C18H25NO5/c1-18(2,3)24-17(22)19-10-9-14(15(19)16(20)21)12-23-11-13-7-5-4-6-8-13/h4-8,14-15H,9-12H2,1-3H3,(H,20,21)/t14-,15+/m1/s1. The van der Waals surface area contributed by atoms with Crippen LogP contribution < -0.4 is 0 Å². The number of rotatable bonds is 5. The predicted molar refractivity (Wildman–Crippen MR) is 88.6 cm³/mol. The summed E-state index contributed by atoms with van der Waals surface area (Å²) in [5.74, 6) is -1.26. The smallest absolute Gasteiger partial charge is 0.411 e. The summed E-state index contributed by atoms with van der Waals surface area (Å²) in [5, 5.41) is 9.51. The van der Waals surface area contributed by atoms with Crippen molar-refractivity contribution >= 4 is 12.1 Å². The maximum atomic E-state index is 12.2. The van der Waals surface area contributed by atoms with Crippen LogP contribution in [0.3, 0.4) is 0 Å². The van der Waals surface area contributed by atoms with Gasteiger partial charge in [-0.15, -0.1) is 0 Å². The zero-order valence-electron chi connectivity index (χ0n) is 14.4. The van der Waals surface area contributed by atoms with Crippen molar-refractivity contribution in [3.63, 3.8) is 0 Å². The molecule has 6 nitrogen and oxygen atoms in total. The minimum absolute atomic E-state index is 0.237. The zero-order chi connectivity index (χ0) is 17.7. The monoisotopic (exact) mass is 335 g/mol. The Balaban J connectivity index is 1.93. The van der Waals surface area contributed by atoms with E-state index in [9.17, 15) is 14.7 Å². The summed E-state index contributed by atoms with van der Waals surface area (Å²) in [5.41, 5.74) is 0.383. The Bertz CT molecular complexity index is 567. The molecular weight excluding hydrogens is 310 g/mol. The van der Waals surface area contributed by atoms with Crippen LogP contribution >= 0.6 is 0 Å². The van der Waals surface area contributed by atoms with Gasteiger partial charge in [-0.2, -0.15) is 0 Å². The molecule has 1 aromatic carbocycles. The lowest BCUT2D eigenvalue weighted by molar-refractivity contribution is -0.144.